The largest absolute Gasteiger partial charge is 0.276 e. The summed E-state index contributed by atoms with van der Waals surface area (Å²) >= 11 is 0. The highest BCUT2D eigenvalue weighted by molar-refractivity contribution is 7.89. The van der Waals surface area contributed by atoms with Crippen molar-refractivity contribution in [3.8, 4) is 0 Å². The minimum atomic E-state index is -3.62. The Morgan fingerprint density at radius 1 is 1.45 bits per heavy atom. The van der Waals surface area contributed by atoms with Gasteiger partial charge >= 0.3 is 0 Å². The Bertz CT molecular complexity index is 658. The summed E-state index contributed by atoms with van der Waals surface area (Å²) < 4.78 is 24.2. The van der Waals surface area contributed by atoms with Crippen LogP contribution in [0.25, 0.3) is 0 Å². The lowest BCUT2D eigenvalue weighted by Gasteiger charge is -2.06. The van der Waals surface area contributed by atoms with Gasteiger partial charge in [0.05, 0.1) is 10.6 Å². The second-order valence-electron chi connectivity index (χ2n) is 4.92. The number of sulfonamides is 1. The fourth-order valence-electron chi connectivity index (χ4n) is 1.86. The van der Waals surface area contributed by atoms with Crippen molar-refractivity contribution >= 4 is 15.7 Å². The van der Waals surface area contributed by atoms with Crippen molar-refractivity contribution in [2.75, 3.05) is 0 Å². The molecule has 2 rings (SSSR count). The van der Waals surface area contributed by atoms with E-state index in [1.807, 2.05) is 6.92 Å². The molecule has 0 radical (unpaired) electrons. The average Bonchev–Trinajstić information content (AvgIpc) is 3.12. The maximum absolute atomic E-state index is 12.1. The number of hydrogen-bond donors (Lipinski definition) is 1. The van der Waals surface area contributed by atoms with Crippen molar-refractivity contribution in [1.82, 2.24) is 4.83 Å². The number of nitrogens with zero attached hydrogens (tertiary/aromatic N) is 1. The van der Waals surface area contributed by atoms with E-state index in [0.29, 0.717) is 6.42 Å². The Kier molecular flexibility index (Phi) is 4.09. The maximum Gasteiger partial charge on any atom is 0.276 e. The topological polar surface area (TPSA) is 58.5 Å². The van der Waals surface area contributed by atoms with Crippen LogP contribution >= 0.6 is 0 Å². The molecule has 5 heteroatoms. The molecule has 106 valence electrons. The molecule has 0 aliphatic heterocycles. The smallest absolute Gasteiger partial charge is 0.200 e. The average molecular weight is 290 g/mol. The summed E-state index contributed by atoms with van der Waals surface area (Å²) in [6.07, 6.45) is 3.14. The number of hydrogen-bond acceptors (Lipinski definition) is 3. The molecule has 1 aromatic carbocycles. The van der Waals surface area contributed by atoms with Crippen molar-refractivity contribution in [2.45, 2.75) is 24.7 Å². The van der Waals surface area contributed by atoms with Gasteiger partial charge in [0.1, 0.15) is 0 Å². The summed E-state index contributed by atoms with van der Waals surface area (Å²) in [6.45, 7) is 9.44. The zero-order valence-corrected chi connectivity index (χ0v) is 12.3. The van der Waals surface area contributed by atoms with Crippen LogP contribution < -0.4 is 4.83 Å². The van der Waals surface area contributed by atoms with Crippen molar-refractivity contribution in [3.63, 3.8) is 0 Å². The van der Waals surface area contributed by atoms with E-state index < -0.39 is 10.0 Å². The minimum absolute atomic E-state index is 0.189. The number of hydrazone groups is 1. The van der Waals surface area contributed by atoms with Crippen molar-refractivity contribution < 1.29 is 8.42 Å². The van der Waals surface area contributed by atoms with E-state index in [4.69, 9.17) is 0 Å². The SMILES string of the molecule is C=CC/C(=N/NS(=O)(=O)c1ccc(C)cc1)C1CC1=C. The molecular formula is C15H18N2O2S. The van der Waals surface area contributed by atoms with Crippen LogP contribution in [-0.4, -0.2) is 14.1 Å². The van der Waals surface area contributed by atoms with Crippen molar-refractivity contribution in [1.29, 1.82) is 0 Å². The lowest BCUT2D eigenvalue weighted by molar-refractivity contribution is 0.584. The molecule has 1 aromatic rings. The van der Waals surface area contributed by atoms with Gasteiger partial charge in [-0.25, -0.2) is 4.83 Å². The molecule has 0 amide bonds. The van der Waals surface area contributed by atoms with Gasteiger partial charge < -0.3 is 0 Å². The number of rotatable bonds is 6. The van der Waals surface area contributed by atoms with Gasteiger partial charge in [0.25, 0.3) is 10.0 Å². The molecule has 1 N–H and O–H groups in total. The van der Waals surface area contributed by atoms with Gasteiger partial charge in [0.15, 0.2) is 0 Å². The second-order valence-corrected chi connectivity index (χ2v) is 6.58. The van der Waals surface area contributed by atoms with Crippen molar-refractivity contribution in [2.24, 2.45) is 11.0 Å². The monoisotopic (exact) mass is 290 g/mol. The Morgan fingerprint density at radius 3 is 2.55 bits per heavy atom. The van der Waals surface area contributed by atoms with Gasteiger partial charge in [-0.05, 0) is 25.5 Å². The first-order valence-corrected chi connectivity index (χ1v) is 7.86. The molecule has 0 bridgehead atoms. The molecule has 0 spiro atoms. The lowest BCUT2D eigenvalue weighted by Crippen LogP contribution is -2.20. The summed E-state index contributed by atoms with van der Waals surface area (Å²) in [5, 5.41) is 4.04. The fourth-order valence-corrected chi connectivity index (χ4v) is 2.70. The molecule has 1 saturated carbocycles. The summed E-state index contributed by atoms with van der Waals surface area (Å²) in [5.74, 6) is 0.189. The number of aryl methyl sites for hydroxylation is 1. The summed E-state index contributed by atoms with van der Waals surface area (Å²) in [5.41, 5.74) is 2.86. The van der Waals surface area contributed by atoms with Crippen LogP contribution in [0.3, 0.4) is 0 Å². The van der Waals surface area contributed by atoms with Gasteiger partial charge in [-0.1, -0.05) is 35.9 Å². The van der Waals surface area contributed by atoms with Gasteiger partial charge in [0, 0.05) is 12.3 Å². The number of allylic oxidation sites excluding steroid dienone is 2. The predicted octanol–water partition coefficient (Wildman–Crippen LogP) is 2.78. The fraction of sp³-hybridized carbons (Fsp3) is 0.267. The van der Waals surface area contributed by atoms with Crippen LogP contribution in [0.4, 0.5) is 0 Å². The van der Waals surface area contributed by atoms with Crippen LogP contribution in [0.5, 0.6) is 0 Å². The van der Waals surface area contributed by atoms with Gasteiger partial charge in [-0.15, -0.1) is 6.58 Å². The Hall–Kier alpha value is -1.88. The van der Waals surface area contributed by atoms with E-state index in [1.54, 1.807) is 30.3 Å². The number of nitrogens with one attached hydrogen (secondary N) is 1. The first-order chi connectivity index (χ1) is 9.44. The molecule has 4 nitrogen and oxygen atoms in total. The third-order valence-corrected chi connectivity index (χ3v) is 4.42. The van der Waals surface area contributed by atoms with E-state index in [1.165, 1.54) is 0 Å². The third-order valence-electron chi connectivity index (χ3n) is 3.20. The summed E-state index contributed by atoms with van der Waals surface area (Å²) in [6, 6.07) is 6.64. The molecule has 1 aliphatic carbocycles. The van der Waals surface area contributed by atoms with E-state index in [2.05, 4.69) is 23.1 Å². The first-order valence-electron chi connectivity index (χ1n) is 6.37. The molecule has 1 aliphatic rings. The van der Waals surface area contributed by atoms with Gasteiger partial charge in [0.2, 0.25) is 0 Å². The highest BCUT2D eigenvalue weighted by Crippen LogP contribution is 2.38. The molecule has 1 fully saturated rings. The molecule has 1 unspecified atom stereocenters. The highest BCUT2D eigenvalue weighted by atomic mass is 32.2. The summed E-state index contributed by atoms with van der Waals surface area (Å²) in [4.78, 5) is 2.50. The second kappa shape index (κ2) is 5.63. The van der Waals surface area contributed by atoms with Crippen LogP contribution in [0, 0.1) is 12.8 Å². The third kappa shape index (κ3) is 3.36. The minimum Gasteiger partial charge on any atom is -0.200 e. The van der Waals surface area contributed by atoms with Crippen LogP contribution in [0.2, 0.25) is 0 Å². The Balaban J connectivity index is 2.16. The normalized spacial score (nSPS) is 18.8. The van der Waals surface area contributed by atoms with Gasteiger partial charge in [-0.2, -0.15) is 13.5 Å². The van der Waals surface area contributed by atoms with Gasteiger partial charge in [-0.3, -0.25) is 0 Å². The predicted molar refractivity (Wildman–Crippen MR) is 81.0 cm³/mol. The molecule has 20 heavy (non-hydrogen) atoms. The highest BCUT2D eigenvalue weighted by Gasteiger charge is 2.32. The zero-order valence-electron chi connectivity index (χ0n) is 11.5. The maximum atomic E-state index is 12.1. The van der Waals surface area contributed by atoms with E-state index in [0.717, 1.165) is 23.3 Å². The van der Waals surface area contributed by atoms with Crippen LogP contribution in [-0.2, 0) is 10.0 Å². The summed E-state index contributed by atoms with van der Waals surface area (Å²) in [7, 11) is -3.62. The Morgan fingerprint density at radius 2 is 2.05 bits per heavy atom. The van der Waals surface area contributed by atoms with E-state index >= 15 is 0 Å². The van der Waals surface area contributed by atoms with Crippen LogP contribution in [0.1, 0.15) is 18.4 Å². The van der Waals surface area contributed by atoms with Crippen LogP contribution in [0.15, 0.2) is 59.1 Å². The quantitative estimate of drug-likeness (QED) is 0.497. The molecular weight excluding hydrogens is 272 g/mol. The first kappa shape index (κ1) is 14.5. The number of benzene rings is 1. The molecule has 0 saturated heterocycles. The standard InChI is InChI=1S/C15H18N2O2S/c1-4-5-15(14-10-12(14)3)16-17-20(18,19)13-8-6-11(2)7-9-13/h4,6-9,14,17H,1,3,5,10H2,2H3/b16-15-. The Labute approximate surface area is 120 Å². The lowest BCUT2D eigenvalue weighted by atomic mass is 10.2. The van der Waals surface area contributed by atoms with Crippen molar-refractivity contribution in [3.05, 3.63) is 54.6 Å². The molecule has 0 heterocycles. The zero-order chi connectivity index (χ0) is 14.8. The molecule has 1 atom stereocenters. The van der Waals surface area contributed by atoms with E-state index in [-0.39, 0.29) is 10.8 Å². The molecule has 0 aromatic heterocycles. The van der Waals surface area contributed by atoms with E-state index in [9.17, 15) is 8.42 Å².